The van der Waals surface area contributed by atoms with Crippen molar-refractivity contribution in [3.05, 3.63) is 37.2 Å². The van der Waals surface area contributed by atoms with Gasteiger partial charge in [-0.3, -0.25) is 0 Å². The molecule has 5 heterocycles. The van der Waals surface area contributed by atoms with Crippen LogP contribution in [0.4, 0.5) is 11.6 Å². The molecule has 4 aromatic rings. The smallest absolute Gasteiger partial charge is 0.182 e. The summed E-state index contributed by atoms with van der Waals surface area (Å²) in [5, 5.41) is 4.62. The molecule has 0 amide bonds. The maximum atomic E-state index is 4.62. The van der Waals surface area contributed by atoms with Crippen LogP contribution in [0.25, 0.3) is 16.8 Å². The Labute approximate surface area is 137 Å². The molecule has 5 rings (SSSR count). The third kappa shape index (κ3) is 2.05. The van der Waals surface area contributed by atoms with Crippen molar-refractivity contribution >= 4 is 28.4 Å². The van der Waals surface area contributed by atoms with E-state index in [-0.39, 0.29) is 0 Å². The van der Waals surface area contributed by atoms with E-state index in [0.29, 0.717) is 5.65 Å². The molecule has 0 aliphatic carbocycles. The van der Waals surface area contributed by atoms with Gasteiger partial charge in [-0.15, -0.1) is 5.10 Å². The van der Waals surface area contributed by atoms with E-state index < -0.39 is 0 Å². The molecule has 1 saturated heterocycles. The Morgan fingerprint density at radius 1 is 0.917 bits per heavy atom. The van der Waals surface area contributed by atoms with Crippen molar-refractivity contribution in [2.45, 2.75) is 0 Å². The van der Waals surface area contributed by atoms with E-state index in [4.69, 9.17) is 0 Å². The molecule has 24 heavy (non-hydrogen) atoms. The zero-order chi connectivity index (χ0) is 15.9. The molecule has 1 aliphatic heterocycles. The molecule has 1 N–H and O–H groups in total. The number of anilines is 2. The predicted octanol–water partition coefficient (Wildman–Crippen LogP) is 0.722. The van der Waals surface area contributed by atoms with Gasteiger partial charge in [-0.25, -0.2) is 24.5 Å². The quantitative estimate of drug-likeness (QED) is 0.582. The normalized spacial score (nSPS) is 15.5. The monoisotopic (exact) mass is 321 g/mol. The highest BCUT2D eigenvalue weighted by atomic mass is 15.4. The van der Waals surface area contributed by atoms with Crippen LogP contribution in [0.15, 0.2) is 37.2 Å². The lowest BCUT2D eigenvalue weighted by atomic mass is 10.3. The maximum absolute atomic E-state index is 4.62. The van der Waals surface area contributed by atoms with E-state index >= 15 is 0 Å². The van der Waals surface area contributed by atoms with Gasteiger partial charge in [-0.05, 0) is 12.1 Å². The van der Waals surface area contributed by atoms with Gasteiger partial charge in [0, 0.05) is 38.6 Å². The largest absolute Gasteiger partial charge is 0.352 e. The van der Waals surface area contributed by atoms with Crippen LogP contribution >= 0.6 is 0 Å². The Bertz CT molecular complexity index is 996. The average Bonchev–Trinajstić information content (AvgIpc) is 3.30. The second kappa shape index (κ2) is 5.15. The highest BCUT2D eigenvalue weighted by Gasteiger charge is 2.21. The first kappa shape index (κ1) is 13.2. The summed E-state index contributed by atoms with van der Waals surface area (Å²) in [7, 11) is 0. The molecular weight excluding hydrogens is 306 g/mol. The topological polar surface area (TPSA) is 91.1 Å². The fourth-order valence-electron chi connectivity index (χ4n) is 3.11. The summed E-state index contributed by atoms with van der Waals surface area (Å²) in [6, 6.07) is 4.02. The second-order valence-electron chi connectivity index (χ2n) is 5.69. The Morgan fingerprint density at radius 3 is 2.71 bits per heavy atom. The van der Waals surface area contributed by atoms with Crippen LogP contribution in [0.2, 0.25) is 0 Å². The first-order chi connectivity index (χ1) is 11.9. The number of nitrogens with zero attached hydrogens (tertiary/aromatic N) is 8. The summed E-state index contributed by atoms with van der Waals surface area (Å²) in [4.78, 5) is 24.7. The minimum absolute atomic E-state index is 0.703. The lowest BCUT2D eigenvalue weighted by Gasteiger charge is -2.35. The number of hydrogen-bond donors (Lipinski definition) is 1. The van der Waals surface area contributed by atoms with Crippen molar-refractivity contribution in [2.75, 3.05) is 36.0 Å². The van der Waals surface area contributed by atoms with Gasteiger partial charge in [0.1, 0.15) is 17.7 Å². The molecule has 1 aliphatic rings. The van der Waals surface area contributed by atoms with Gasteiger partial charge < -0.3 is 14.8 Å². The Balaban J connectivity index is 1.38. The Morgan fingerprint density at radius 2 is 1.79 bits per heavy atom. The lowest BCUT2D eigenvalue weighted by molar-refractivity contribution is 0.637. The number of aromatic amines is 1. The first-order valence-electron chi connectivity index (χ1n) is 7.83. The summed E-state index contributed by atoms with van der Waals surface area (Å²) in [6.45, 7) is 3.50. The van der Waals surface area contributed by atoms with Crippen LogP contribution in [0.1, 0.15) is 0 Å². The molecule has 0 bridgehead atoms. The zero-order valence-corrected chi connectivity index (χ0v) is 12.9. The molecule has 0 unspecified atom stereocenters. The minimum Gasteiger partial charge on any atom is -0.352 e. The van der Waals surface area contributed by atoms with Crippen LogP contribution in [-0.2, 0) is 0 Å². The van der Waals surface area contributed by atoms with E-state index in [9.17, 15) is 0 Å². The van der Waals surface area contributed by atoms with Gasteiger partial charge in [0.25, 0.3) is 0 Å². The van der Waals surface area contributed by atoms with Crippen molar-refractivity contribution in [1.82, 2.24) is 34.5 Å². The lowest BCUT2D eigenvalue weighted by Crippen LogP contribution is -2.47. The molecule has 4 aromatic heterocycles. The van der Waals surface area contributed by atoms with Crippen LogP contribution in [0.5, 0.6) is 0 Å². The van der Waals surface area contributed by atoms with Crippen molar-refractivity contribution in [2.24, 2.45) is 0 Å². The van der Waals surface area contributed by atoms with Gasteiger partial charge in [0.05, 0.1) is 6.33 Å². The SMILES string of the molecule is c1nc(N2CCN(c3ccc4nccn4n3)CC2)c2[nH]cnc2n1. The van der Waals surface area contributed by atoms with E-state index in [1.807, 2.05) is 18.3 Å². The third-order valence-corrected chi connectivity index (χ3v) is 4.35. The summed E-state index contributed by atoms with van der Waals surface area (Å²) < 4.78 is 1.81. The van der Waals surface area contributed by atoms with Crippen LogP contribution < -0.4 is 9.80 Å². The van der Waals surface area contributed by atoms with Gasteiger partial charge in [-0.2, -0.15) is 0 Å². The zero-order valence-electron chi connectivity index (χ0n) is 12.9. The van der Waals surface area contributed by atoms with Crippen LogP contribution in [-0.4, -0.2) is 60.7 Å². The van der Waals surface area contributed by atoms with Gasteiger partial charge in [-0.1, -0.05) is 0 Å². The molecule has 0 spiro atoms. The molecule has 0 saturated carbocycles. The molecule has 1 fully saturated rings. The number of rotatable bonds is 2. The fraction of sp³-hybridized carbons (Fsp3) is 0.267. The summed E-state index contributed by atoms with van der Waals surface area (Å²) in [5.41, 5.74) is 2.46. The molecule has 9 nitrogen and oxygen atoms in total. The van der Waals surface area contributed by atoms with Crippen molar-refractivity contribution in [3.8, 4) is 0 Å². The summed E-state index contributed by atoms with van der Waals surface area (Å²) in [5.74, 6) is 1.88. The van der Waals surface area contributed by atoms with E-state index in [0.717, 1.165) is 49.0 Å². The fourth-order valence-corrected chi connectivity index (χ4v) is 3.11. The van der Waals surface area contributed by atoms with Gasteiger partial charge >= 0.3 is 0 Å². The van der Waals surface area contributed by atoms with Gasteiger partial charge in [0.15, 0.2) is 17.1 Å². The average molecular weight is 321 g/mol. The van der Waals surface area contributed by atoms with Crippen LogP contribution in [0, 0.1) is 0 Å². The first-order valence-corrected chi connectivity index (χ1v) is 7.83. The predicted molar refractivity (Wildman–Crippen MR) is 89.1 cm³/mol. The summed E-state index contributed by atoms with van der Waals surface area (Å²) in [6.07, 6.45) is 6.85. The Hall–Kier alpha value is -3.23. The number of imidazole rings is 2. The molecule has 120 valence electrons. The van der Waals surface area contributed by atoms with Gasteiger partial charge in [0.2, 0.25) is 0 Å². The standard InChI is InChI=1S/C15H15N9/c1-2-12(21-24-4-3-16-11(1)24)22-5-7-23(8-6-22)15-13-14(18-9-17-13)19-10-20-15/h1-4,9-10H,5-8H2,(H,17,18,19,20). The third-order valence-electron chi connectivity index (χ3n) is 4.35. The number of hydrogen-bond acceptors (Lipinski definition) is 7. The molecule has 0 atom stereocenters. The van der Waals surface area contributed by atoms with Crippen molar-refractivity contribution < 1.29 is 0 Å². The molecule has 0 aromatic carbocycles. The number of nitrogens with one attached hydrogen (secondary N) is 1. The molecule has 0 radical (unpaired) electrons. The number of piperazine rings is 1. The number of fused-ring (bicyclic) bond motifs is 2. The van der Waals surface area contributed by atoms with Crippen LogP contribution in [0.3, 0.4) is 0 Å². The Kier molecular flexibility index (Phi) is 2.84. The van der Waals surface area contributed by atoms with Crippen molar-refractivity contribution in [1.29, 1.82) is 0 Å². The van der Waals surface area contributed by atoms with E-state index in [1.165, 1.54) is 0 Å². The van der Waals surface area contributed by atoms with Crippen molar-refractivity contribution in [3.63, 3.8) is 0 Å². The van der Waals surface area contributed by atoms with E-state index in [2.05, 4.69) is 39.8 Å². The summed E-state index contributed by atoms with van der Waals surface area (Å²) >= 11 is 0. The molecular formula is C15H15N9. The maximum Gasteiger partial charge on any atom is 0.182 e. The molecule has 9 heteroatoms. The highest BCUT2D eigenvalue weighted by Crippen LogP contribution is 2.22. The second-order valence-corrected chi connectivity index (χ2v) is 5.69. The minimum atomic E-state index is 0.703. The highest BCUT2D eigenvalue weighted by molar-refractivity contribution is 5.82. The van der Waals surface area contributed by atoms with E-state index in [1.54, 1.807) is 23.4 Å². The number of H-pyrrole nitrogens is 1. The number of aromatic nitrogens is 7.